The predicted molar refractivity (Wildman–Crippen MR) is 134 cm³/mol. The van der Waals surface area contributed by atoms with Crippen molar-refractivity contribution in [2.45, 2.75) is 150 Å². The van der Waals surface area contributed by atoms with Crippen molar-refractivity contribution in [3.63, 3.8) is 0 Å². The Morgan fingerprint density at radius 3 is 1.03 bits per heavy atom. The zero-order valence-electron chi connectivity index (χ0n) is 23.0. The molecule has 32 heavy (non-hydrogen) atoms. The van der Waals surface area contributed by atoms with Crippen molar-refractivity contribution >= 4 is 5.97 Å². The van der Waals surface area contributed by atoms with Crippen LogP contribution >= 0.6 is 0 Å². The summed E-state index contributed by atoms with van der Waals surface area (Å²) in [5.74, 6) is 0.684. The van der Waals surface area contributed by atoms with Crippen LogP contribution in [0.25, 0.3) is 0 Å². The van der Waals surface area contributed by atoms with E-state index in [-0.39, 0.29) is 29.6 Å². The van der Waals surface area contributed by atoms with Crippen LogP contribution in [0.5, 0.6) is 0 Å². The predicted octanol–water partition coefficient (Wildman–Crippen LogP) is 5.10. The third-order valence-corrected chi connectivity index (χ3v) is 5.64. The Bertz CT molecular complexity index is 316. The van der Waals surface area contributed by atoms with Crippen molar-refractivity contribution in [2.75, 3.05) is 13.2 Å². The second-order valence-electron chi connectivity index (χ2n) is 10.1. The zero-order chi connectivity index (χ0) is 23.6. The molecular weight excluding hydrogens is 407 g/mol. The Morgan fingerprint density at radius 1 is 0.562 bits per heavy atom. The first-order chi connectivity index (χ1) is 14.9. The fourth-order valence-corrected chi connectivity index (χ4v) is 3.74. The van der Waals surface area contributed by atoms with Gasteiger partial charge in [0.25, 0.3) is 0 Å². The van der Waals surface area contributed by atoms with Gasteiger partial charge in [-0.25, -0.2) is 0 Å². The number of hydrogen-bond acceptors (Lipinski definition) is 3. The Balaban J connectivity index is -0.00000154. The van der Waals surface area contributed by atoms with Crippen LogP contribution in [0.4, 0.5) is 0 Å². The van der Waals surface area contributed by atoms with Crippen molar-refractivity contribution in [1.82, 2.24) is 0 Å². The molecule has 3 nitrogen and oxygen atoms in total. The smallest absolute Gasteiger partial charge is 0.550 e. The molecule has 0 aliphatic rings. The molecule has 0 saturated heterocycles. The van der Waals surface area contributed by atoms with Crippen LogP contribution in [-0.4, -0.2) is 19.2 Å². The molecule has 0 fully saturated rings. The number of aliphatic carboxylic acids is 1. The van der Waals surface area contributed by atoms with Gasteiger partial charge in [0.05, 0.1) is 0 Å². The number of ether oxygens (including phenoxy) is 1. The van der Waals surface area contributed by atoms with Crippen LogP contribution in [0.15, 0.2) is 0 Å². The van der Waals surface area contributed by atoms with E-state index in [1.807, 2.05) is 0 Å². The molecule has 0 radical (unpaired) electrons. The van der Waals surface area contributed by atoms with E-state index in [1.54, 1.807) is 0 Å². The number of carboxylic acids is 1. The molecule has 0 N–H and O–H groups in total. The Labute approximate surface area is 224 Å². The van der Waals surface area contributed by atoms with Crippen LogP contribution in [-0.2, 0) is 9.53 Å². The normalized spacial score (nSPS) is 10.7. The molecule has 0 aromatic rings. The van der Waals surface area contributed by atoms with Gasteiger partial charge in [0.2, 0.25) is 0 Å². The molecule has 0 unspecified atom stereocenters. The third-order valence-electron chi connectivity index (χ3n) is 5.64. The van der Waals surface area contributed by atoms with Crippen molar-refractivity contribution in [2.24, 2.45) is 11.8 Å². The summed E-state index contributed by atoms with van der Waals surface area (Å²) in [5.41, 5.74) is 0. The first-order valence-electron chi connectivity index (χ1n) is 13.6. The van der Waals surface area contributed by atoms with E-state index in [4.69, 9.17) is 14.6 Å². The minimum atomic E-state index is -1.08. The molecule has 0 bridgehead atoms. The van der Waals surface area contributed by atoms with Gasteiger partial charge < -0.3 is 14.6 Å². The van der Waals surface area contributed by atoms with Crippen LogP contribution < -0.4 is 34.7 Å². The summed E-state index contributed by atoms with van der Waals surface area (Å²) < 4.78 is 5.80. The summed E-state index contributed by atoms with van der Waals surface area (Å²) in [6.45, 7) is 12.3. The quantitative estimate of drug-likeness (QED) is 0.165. The van der Waals surface area contributed by atoms with E-state index in [9.17, 15) is 0 Å². The molecule has 0 aromatic carbocycles. The van der Waals surface area contributed by atoms with E-state index in [0.29, 0.717) is 0 Å². The number of unbranched alkanes of at least 4 members (excludes halogenated alkanes) is 14. The first-order valence-corrected chi connectivity index (χ1v) is 13.6. The largest absolute Gasteiger partial charge is 1.00 e. The third kappa shape index (κ3) is 44.2. The average molecular weight is 465 g/mol. The van der Waals surface area contributed by atoms with Gasteiger partial charge in [0, 0.05) is 19.2 Å². The summed E-state index contributed by atoms with van der Waals surface area (Å²) >= 11 is 0. The van der Waals surface area contributed by atoms with Crippen molar-refractivity contribution in [3.8, 4) is 0 Å². The molecular formula is C28H57NaO3. The topological polar surface area (TPSA) is 49.4 Å². The number of carboxylic acid groups (broad SMARTS) is 1. The molecule has 0 saturated carbocycles. The molecule has 0 heterocycles. The van der Waals surface area contributed by atoms with Crippen molar-refractivity contribution in [1.29, 1.82) is 0 Å². The zero-order valence-corrected chi connectivity index (χ0v) is 25.0. The summed E-state index contributed by atoms with van der Waals surface area (Å²) in [6.07, 6.45) is 25.3. The molecule has 0 spiro atoms. The van der Waals surface area contributed by atoms with Crippen LogP contribution in [0.1, 0.15) is 150 Å². The van der Waals surface area contributed by atoms with Gasteiger partial charge in [-0.05, 0) is 31.6 Å². The molecule has 0 aliphatic heterocycles. The number of carbonyl (C=O) groups is 1. The number of hydrogen-bond donors (Lipinski definition) is 0. The van der Waals surface area contributed by atoms with Gasteiger partial charge in [-0.2, -0.15) is 0 Å². The average Bonchev–Trinajstić information content (AvgIpc) is 2.68. The number of rotatable bonds is 22. The van der Waals surface area contributed by atoms with Gasteiger partial charge in [-0.3, -0.25) is 0 Å². The molecule has 0 aliphatic carbocycles. The Morgan fingerprint density at radius 2 is 0.781 bits per heavy atom. The molecule has 0 rings (SSSR count). The van der Waals surface area contributed by atoms with E-state index < -0.39 is 5.97 Å². The first kappa shape index (κ1) is 37.0. The maximum Gasteiger partial charge on any atom is 1.00 e. The summed E-state index contributed by atoms with van der Waals surface area (Å²) in [4.78, 5) is 8.89. The van der Waals surface area contributed by atoms with Crippen molar-refractivity contribution < 1.29 is 44.2 Å². The summed E-state index contributed by atoms with van der Waals surface area (Å²) in [6, 6.07) is 0. The van der Waals surface area contributed by atoms with E-state index >= 15 is 0 Å². The van der Waals surface area contributed by atoms with Gasteiger partial charge in [-0.1, -0.05) is 130 Å². The maximum absolute atomic E-state index is 8.89. The molecule has 188 valence electrons. The minimum Gasteiger partial charge on any atom is -0.550 e. The molecule has 0 aromatic heterocycles. The maximum atomic E-state index is 8.89. The Kier molecular flexibility index (Phi) is 36.3. The van der Waals surface area contributed by atoms with Gasteiger partial charge in [0.15, 0.2) is 0 Å². The van der Waals surface area contributed by atoms with Gasteiger partial charge in [-0.15, -0.1) is 0 Å². The van der Waals surface area contributed by atoms with Crippen LogP contribution in [0, 0.1) is 11.8 Å². The SMILES string of the molecule is CC(=O)[O-].CC(C)CCCCCCCCCCOCCCCCCCCCCC(C)C.[Na+]. The standard InChI is InChI=1S/C26H54O.C2H4O2.Na/c1-25(2)21-17-13-9-5-7-11-15-19-23-27-24-20-16-12-8-6-10-14-18-22-26(3)4;1-2(3)4;/h25-26H,5-24H2,1-4H3;1H3,(H,3,4);/q;;+1/p-1. The van der Waals surface area contributed by atoms with E-state index in [2.05, 4.69) is 27.7 Å². The summed E-state index contributed by atoms with van der Waals surface area (Å²) in [5, 5.41) is 8.89. The number of carbonyl (C=O) groups excluding carboxylic acids is 1. The monoisotopic (exact) mass is 464 g/mol. The fraction of sp³-hybridized carbons (Fsp3) is 0.964. The van der Waals surface area contributed by atoms with Gasteiger partial charge in [0.1, 0.15) is 0 Å². The van der Waals surface area contributed by atoms with Crippen LogP contribution in [0.3, 0.4) is 0 Å². The van der Waals surface area contributed by atoms with E-state index in [1.165, 1.54) is 116 Å². The molecule has 0 atom stereocenters. The summed E-state index contributed by atoms with van der Waals surface area (Å²) in [7, 11) is 0. The minimum absolute atomic E-state index is 0. The second-order valence-corrected chi connectivity index (χ2v) is 10.1. The van der Waals surface area contributed by atoms with Crippen LogP contribution in [0.2, 0.25) is 0 Å². The van der Waals surface area contributed by atoms with E-state index in [0.717, 1.165) is 32.0 Å². The Hall–Kier alpha value is 0.430. The van der Waals surface area contributed by atoms with Crippen molar-refractivity contribution in [3.05, 3.63) is 0 Å². The molecule has 4 heteroatoms. The molecule has 0 amide bonds. The van der Waals surface area contributed by atoms with Gasteiger partial charge >= 0.3 is 29.6 Å². The second kappa shape index (κ2) is 31.4. The fourth-order valence-electron chi connectivity index (χ4n) is 3.74.